The van der Waals surface area contributed by atoms with E-state index in [9.17, 15) is 0 Å². The van der Waals surface area contributed by atoms with E-state index in [-0.39, 0.29) is 6.42 Å². The molecule has 0 aromatic heterocycles. The molecule has 14 heavy (non-hydrogen) atoms. The number of nitrogen functional groups attached to an aromatic ring is 1. The van der Waals surface area contributed by atoms with Crippen LogP contribution in [0.25, 0.3) is 0 Å². The highest BCUT2D eigenvalue weighted by Crippen LogP contribution is 2.11. The van der Waals surface area contributed by atoms with Crippen molar-refractivity contribution in [3.8, 4) is 24.0 Å². The lowest BCUT2D eigenvalue weighted by Gasteiger charge is -1.96. The summed E-state index contributed by atoms with van der Waals surface area (Å²) in [5.41, 5.74) is 7.15. The van der Waals surface area contributed by atoms with Crippen LogP contribution in [-0.2, 0) is 0 Å². The average Bonchev–Trinajstić information content (AvgIpc) is 2.18. The molecule has 0 unspecified atom stereocenters. The van der Waals surface area contributed by atoms with Crippen molar-refractivity contribution in [1.29, 1.82) is 10.5 Å². The quantitative estimate of drug-likeness (QED) is 0.485. The van der Waals surface area contributed by atoms with Crippen LogP contribution in [0.3, 0.4) is 0 Å². The van der Waals surface area contributed by atoms with Crippen LogP contribution in [0.4, 0.5) is 5.69 Å². The summed E-state index contributed by atoms with van der Waals surface area (Å²) in [6, 6.07) is 8.83. The number of benzene rings is 1. The Kier molecular flexibility index (Phi) is 3.14. The molecular weight excluding hydrogens is 174 g/mol. The zero-order valence-electron chi connectivity index (χ0n) is 7.41. The molecule has 0 bridgehead atoms. The molecule has 0 spiro atoms. The lowest BCUT2D eigenvalue weighted by atomic mass is 10.1. The summed E-state index contributed by atoms with van der Waals surface area (Å²) in [6.07, 6.45) is 0.194. The van der Waals surface area contributed by atoms with Crippen molar-refractivity contribution in [2.24, 2.45) is 0 Å². The fraction of sp³-hybridized carbons (Fsp3) is 0.0909. The first kappa shape index (κ1) is 9.65. The van der Waals surface area contributed by atoms with Crippen LogP contribution in [0.5, 0.6) is 0 Å². The Balaban J connectivity index is 2.96. The average molecular weight is 181 g/mol. The van der Waals surface area contributed by atoms with Gasteiger partial charge in [-0.15, -0.1) is 0 Å². The van der Waals surface area contributed by atoms with Gasteiger partial charge in [-0.25, -0.2) is 0 Å². The highest BCUT2D eigenvalue weighted by Gasteiger charge is 1.96. The van der Waals surface area contributed by atoms with E-state index in [4.69, 9.17) is 16.3 Å². The molecule has 0 aliphatic rings. The minimum absolute atomic E-state index is 0.194. The van der Waals surface area contributed by atoms with Crippen molar-refractivity contribution in [3.63, 3.8) is 0 Å². The summed E-state index contributed by atoms with van der Waals surface area (Å²) < 4.78 is 0. The third-order valence-corrected chi connectivity index (χ3v) is 1.57. The fourth-order valence-corrected chi connectivity index (χ4v) is 0.928. The van der Waals surface area contributed by atoms with Crippen LogP contribution in [-0.4, -0.2) is 0 Å². The second kappa shape index (κ2) is 4.55. The van der Waals surface area contributed by atoms with Gasteiger partial charge in [0.05, 0.1) is 23.7 Å². The summed E-state index contributed by atoms with van der Waals surface area (Å²) in [6.45, 7) is 0. The molecule has 0 fully saturated rings. The van der Waals surface area contributed by atoms with Gasteiger partial charge in [0.25, 0.3) is 0 Å². The highest BCUT2D eigenvalue weighted by molar-refractivity contribution is 5.58. The highest BCUT2D eigenvalue weighted by atomic mass is 14.6. The molecule has 66 valence electrons. The van der Waals surface area contributed by atoms with Gasteiger partial charge < -0.3 is 5.73 Å². The van der Waals surface area contributed by atoms with Crippen molar-refractivity contribution in [1.82, 2.24) is 0 Å². The van der Waals surface area contributed by atoms with Gasteiger partial charge in [0.15, 0.2) is 0 Å². The van der Waals surface area contributed by atoms with Gasteiger partial charge in [0.2, 0.25) is 0 Å². The number of nitriles is 2. The third kappa shape index (κ3) is 2.27. The second-order valence-electron chi connectivity index (χ2n) is 2.55. The van der Waals surface area contributed by atoms with E-state index in [1.54, 1.807) is 18.2 Å². The number of nitrogens with zero attached hydrogens (tertiary/aromatic N) is 2. The van der Waals surface area contributed by atoms with Crippen molar-refractivity contribution in [2.75, 3.05) is 5.73 Å². The number of anilines is 1. The van der Waals surface area contributed by atoms with Crippen molar-refractivity contribution >= 4 is 5.69 Å². The van der Waals surface area contributed by atoms with Crippen molar-refractivity contribution in [3.05, 3.63) is 29.3 Å². The molecule has 1 aromatic rings. The van der Waals surface area contributed by atoms with Gasteiger partial charge in [-0.2, -0.15) is 10.5 Å². The topological polar surface area (TPSA) is 73.6 Å². The number of hydrogen-bond donors (Lipinski definition) is 1. The Morgan fingerprint density at radius 3 is 2.64 bits per heavy atom. The Morgan fingerprint density at radius 2 is 2.07 bits per heavy atom. The predicted molar refractivity (Wildman–Crippen MR) is 52.7 cm³/mol. The van der Waals surface area contributed by atoms with E-state index >= 15 is 0 Å². The zero-order valence-corrected chi connectivity index (χ0v) is 7.41. The predicted octanol–water partition coefficient (Wildman–Crippen LogP) is 1.41. The summed E-state index contributed by atoms with van der Waals surface area (Å²) >= 11 is 0. The molecular formula is C11H7N3. The van der Waals surface area contributed by atoms with Crippen LogP contribution >= 0.6 is 0 Å². The standard InChI is InChI=1S/C11H7N3/c12-6-2-1-3-9-4-5-10(8-13)11(14)7-9/h4-5,7H,2,14H2. The van der Waals surface area contributed by atoms with E-state index in [1.807, 2.05) is 12.1 Å². The van der Waals surface area contributed by atoms with E-state index in [1.165, 1.54) is 0 Å². The molecule has 1 aromatic carbocycles. The van der Waals surface area contributed by atoms with Crippen molar-refractivity contribution in [2.45, 2.75) is 6.42 Å². The number of hydrogen-bond acceptors (Lipinski definition) is 3. The van der Waals surface area contributed by atoms with E-state index < -0.39 is 0 Å². The first-order valence-corrected chi connectivity index (χ1v) is 3.93. The Labute approximate surface area is 82.4 Å². The Morgan fingerprint density at radius 1 is 1.29 bits per heavy atom. The van der Waals surface area contributed by atoms with Gasteiger partial charge in [-0.1, -0.05) is 11.8 Å². The molecule has 3 heteroatoms. The largest absolute Gasteiger partial charge is 0.398 e. The second-order valence-corrected chi connectivity index (χ2v) is 2.55. The minimum atomic E-state index is 0.194. The monoisotopic (exact) mass is 181 g/mol. The van der Waals surface area contributed by atoms with Gasteiger partial charge in [-0.3, -0.25) is 0 Å². The van der Waals surface area contributed by atoms with Crippen LogP contribution < -0.4 is 5.73 Å². The van der Waals surface area contributed by atoms with Gasteiger partial charge in [0, 0.05) is 5.56 Å². The lowest BCUT2D eigenvalue weighted by molar-refractivity contribution is 1.39. The molecule has 0 saturated carbocycles. The van der Waals surface area contributed by atoms with Gasteiger partial charge >= 0.3 is 0 Å². The maximum absolute atomic E-state index is 8.61. The Bertz CT molecular complexity index is 478. The maximum Gasteiger partial charge on any atom is 0.101 e. The van der Waals surface area contributed by atoms with Crippen molar-refractivity contribution < 1.29 is 0 Å². The molecule has 3 nitrogen and oxygen atoms in total. The summed E-state index contributed by atoms with van der Waals surface area (Å²) in [4.78, 5) is 0. The molecule has 2 N–H and O–H groups in total. The molecule has 1 rings (SSSR count). The molecule has 0 amide bonds. The summed E-state index contributed by atoms with van der Waals surface area (Å²) in [5.74, 6) is 5.44. The van der Waals surface area contributed by atoms with E-state index in [0.29, 0.717) is 11.3 Å². The molecule has 0 aliphatic heterocycles. The number of nitrogens with two attached hydrogens (primary N) is 1. The molecule has 0 atom stereocenters. The van der Waals surface area contributed by atoms with Gasteiger partial charge in [-0.05, 0) is 18.2 Å². The zero-order chi connectivity index (χ0) is 10.4. The fourth-order valence-electron chi connectivity index (χ4n) is 0.928. The van der Waals surface area contributed by atoms with Crippen LogP contribution in [0.2, 0.25) is 0 Å². The summed E-state index contributed by atoms with van der Waals surface area (Å²) in [7, 11) is 0. The van der Waals surface area contributed by atoms with Crippen LogP contribution in [0, 0.1) is 34.5 Å². The normalized spacial score (nSPS) is 7.86. The van der Waals surface area contributed by atoms with Gasteiger partial charge in [0.1, 0.15) is 6.07 Å². The lowest BCUT2D eigenvalue weighted by Crippen LogP contribution is -1.90. The Hall–Kier alpha value is -2.44. The summed E-state index contributed by atoms with van der Waals surface area (Å²) in [5, 5.41) is 16.9. The first-order valence-electron chi connectivity index (χ1n) is 3.93. The minimum Gasteiger partial charge on any atom is -0.398 e. The smallest absolute Gasteiger partial charge is 0.101 e. The van der Waals surface area contributed by atoms with E-state index in [2.05, 4.69) is 11.8 Å². The molecule has 0 aliphatic carbocycles. The first-order chi connectivity index (χ1) is 6.77. The van der Waals surface area contributed by atoms with Crippen LogP contribution in [0.15, 0.2) is 18.2 Å². The molecule has 0 heterocycles. The third-order valence-electron chi connectivity index (χ3n) is 1.57. The van der Waals surface area contributed by atoms with E-state index in [0.717, 1.165) is 5.56 Å². The van der Waals surface area contributed by atoms with Crippen LogP contribution in [0.1, 0.15) is 17.5 Å². The molecule has 0 saturated heterocycles. The molecule has 0 radical (unpaired) electrons. The number of rotatable bonds is 0. The SMILES string of the molecule is N#CCC#Cc1ccc(C#N)c(N)c1. The maximum atomic E-state index is 8.61.